The Balaban J connectivity index is 1.29. The van der Waals surface area contributed by atoms with Crippen molar-refractivity contribution in [2.24, 2.45) is 0 Å². The number of aromatic nitrogens is 3. The van der Waals surface area contributed by atoms with E-state index in [0.717, 1.165) is 48.4 Å². The lowest BCUT2D eigenvalue weighted by molar-refractivity contribution is 0.0917. The summed E-state index contributed by atoms with van der Waals surface area (Å²) in [6, 6.07) is 20.1. The van der Waals surface area contributed by atoms with Crippen LogP contribution in [-0.2, 0) is 0 Å². The molecule has 168 valence electrons. The molecule has 0 radical (unpaired) electrons. The van der Waals surface area contributed by atoms with Crippen LogP contribution in [0.15, 0.2) is 66.9 Å². The summed E-state index contributed by atoms with van der Waals surface area (Å²) in [7, 11) is 2.12. The Hall–Kier alpha value is -3.71. The number of carbonyl (C=O) groups is 1. The molecule has 1 fully saturated rings. The number of fused-ring (bicyclic) bond motifs is 1. The van der Waals surface area contributed by atoms with Crippen molar-refractivity contribution in [3.63, 3.8) is 0 Å². The first-order valence-electron chi connectivity index (χ1n) is 11.3. The fourth-order valence-corrected chi connectivity index (χ4v) is 4.17. The summed E-state index contributed by atoms with van der Waals surface area (Å²) in [5, 5.41) is 11.0. The zero-order chi connectivity index (χ0) is 22.8. The number of likely N-dealkylation sites (tertiary alicyclic amines) is 1. The molecule has 7 heteroatoms. The predicted molar refractivity (Wildman–Crippen MR) is 131 cm³/mol. The third kappa shape index (κ3) is 4.73. The molecule has 0 aliphatic carbocycles. The van der Waals surface area contributed by atoms with Gasteiger partial charge in [-0.25, -0.2) is 4.52 Å². The van der Waals surface area contributed by atoms with Gasteiger partial charge in [-0.05, 0) is 81.9 Å². The number of pyridine rings is 1. The summed E-state index contributed by atoms with van der Waals surface area (Å²) in [6.07, 6.45) is 3.87. The van der Waals surface area contributed by atoms with Crippen LogP contribution in [0.5, 0.6) is 0 Å². The number of nitrogens with one attached hydrogen (secondary N) is 2. The molecular weight excluding hydrogens is 412 g/mol. The van der Waals surface area contributed by atoms with Gasteiger partial charge in [0.1, 0.15) is 0 Å². The lowest BCUT2D eigenvalue weighted by Gasteiger charge is -2.29. The first-order valence-corrected chi connectivity index (χ1v) is 11.3. The van der Waals surface area contributed by atoms with Crippen LogP contribution in [0.1, 0.15) is 28.8 Å². The van der Waals surface area contributed by atoms with Crippen LogP contribution in [-0.4, -0.2) is 51.6 Å². The maximum absolute atomic E-state index is 12.6. The molecule has 5 rings (SSSR count). The molecule has 1 aliphatic heterocycles. The van der Waals surface area contributed by atoms with Gasteiger partial charge < -0.3 is 15.5 Å². The van der Waals surface area contributed by atoms with Gasteiger partial charge in [-0.3, -0.25) is 4.79 Å². The average Bonchev–Trinajstić information content (AvgIpc) is 3.24. The highest BCUT2D eigenvalue weighted by Gasteiger charge is 2.19. The summed E-state index contributed by atoms with van der Waals surface area (Å²) < 4.78 is 1.78. The van der Waals surface area contributed by atoms with Crippen LogP contribution in [0.2, 0.25) is 0 Å². The molecule has 4 aromatic rings. The molecule has 1 aliphatic rings. The minimum atomic E-state index is -0.0234. The van der Waals surface area contributed by atoms with E-state index in [0.29, 0.717) is 11.5 Å². The van der Waals surface area contributed by atoms with Gasteiger partial charge in [0, 0.05) is 29.1 Å². The quantitative estimate of drug-likeness (QED) is 0.485. The first kappa shape index (κ1) is 21.2. The van der Waals surface area contributed by atoms with Crippen molar-refractivity contribution in [3.8, 4) is 11.1 Å². The van der Waals surface area contributed by atoms with Crippen LogP contribution < -0.4 is 10.6 Å². The van der Waals surface area contributed by atoms with E-state index >= 15 is 0 Å². The fourth-order valence-electron chi connectivity index (χ4n) is 4.17. The molecule has 1 saturated heterocycles. The van der Waals surface area contributed by atoms with Crippen LogP contribution in [0.3, 0.4) is 0 Å². The summed E-state index contributed by atoms with van der Waals surface area (Å²) in [5.41, 5.74) is 5.63. The molecule has 0 atom stereocenters. The number of nitrogens with zero attached hydrogens (tertiary/aromatic N) is 4. The van der Waals surface area contributed by atoms with Crippen molar-refractivity contribution in [1.82, 2.24) is 24.8 Å². The summed E-state index contributed by atoms with van der Waals surface area (Å²) in [6.45, 7) is 4.12. The second-order valence-electron chi connectivity index (χ2n) is 8.74. The second kappa shape index (κ2) is 9.03. The van der Waals surface area contributed by atoms with Crippen molar-refractivity contribution >= 4 is 23.2 Å². The number of hydrogen-bond donors (Lipinski definition) is 2. The smallest absolute Gasteiger partial charge is 0.251 e. The highest BCUT2D eigenvalue weighted by Crippen LogP contribution is 2.25. The third-order valence-electron chi connectivity index (χ3n) is 6.18. The highest BCUT2D eigenvalue weighted by atomic mass is 16.1. The van der Waals surface area contributed by atoms with Gasteiger partial charge in [0.25, 0.3) is 5.91 Å². The number of amides is 1. The average molecular weight is 441 g/mol. The predicted octanol–water partition coefficient (Wildman–Crippen LogP) is 4.27. The normalized spacial score (nSPS) is 15.0. The van der Waals surface area contributed by atoms with E-state index in [4.69, 9.17) is 4.98 Å². The Morgan fingerprint density at radius 3 is 2.45 bits per heavy atom. The van der Waals surface area contributed by atoms with E-state index in [1.807, 2.05) is 36.5 Å². The standard InChI is InChI=1S/C26H28N6O/c1-18-5-7-19(8-6-18)23-4-3-15-32-24(23)29-26(30-32)28-21-11-9-20(10-12-21)25(33)27-22-13-16-31(2)17-14-22/h3-12,15,22H,13-14,16-17H2,1-2H3,(H,27,33)(H,28,30). The number of aryl methyl sites for hydroxylation is 1. The van der Waals surface area contributed by atoms with Gasteiger partial charge in [0.2, 0.25) is 5.95 Å². The molecule has 2 aromatic heterocycles. The second-order valence-corrected chi connectivity index (χ2v) is 8.74. The molecule has 0 bridgehead atoms. The first-order chi connectivity index (χ1) is 16.0. The largest absolute Gasteiger partial charge is 0.349 e. The number of benzene rings is 2. The maximum Gasteiger partial charge on any atom is 0.251 e. The molecule has 0 unspecified atom stereocenters. The summed E-state index contributed by atoms with van der Waals surface area (Å²) in [4.78, 5) is 19.6. The lowest BCUT2D eigenvalue weighted by Crippen LogP contribution is -2.43. The Kier molecular flexibility index (Phi) is 5.79. The van der Waals surface area contributed by atoms with E-state index in [1.54, 1.807) is 4.52 Å². The number of carbonyl (C=O) groups excluding carboxylic acids is 1. The van der Waals surface area contributed by atoms with Crippen molar-refractivity contribution < 1.29 is 4.79 Å². The Morgan fingerprint density at radius 1 is 1.00 bits per heavy atom. The van der Waals surface area contributed by atoms with Crippen LogP contribution >= 0.6 is 0 Å². The molecule has 1 amide bonds. The molecular formula is C26H28N6O. The summed E-state index contributed by atoms with van der Waals surface area (Å²) >= 11 is 0. The number of piperidine rings is 1. The fraction of sp³-hybridized carbons (Fsp3) is 0.269. The molecule has 0 spiro atoms. The number of anilines is 2. The molecule has 33 heavy (non-hydrogen) atoms. The van der Waals surface area contributed by atoms with E-state index < -0.39 is 0 Å². The Morgan fingerprint density at radius 2 is 1.73 bits per heavy atom. The van der Waals surface area contributed by atoms with Crippen molar-refractivity contribution in [2.45, 2.75) is 25.8 Å². The minimum Gasteiger partial charge on any atom is -0.349 e. The van der Waals surface area contributed by atoms with Gasteiger partial charge in [-0.2, -0.15) is 4.98 Å². The monoisotopic (exact) mass is 440 g/mol. The van der Waals surface area contributed by atoms with Crippen molar-refractivity contribution in [3.05, 3.63) is 78.0 Å². The number of hydrogen-bond acceptors (Lipinski definition) is 5. The van der Waals surface area contributed by atoms with Gasteiger partial charge in [-0.1, -0.05) is 29.8 Å². The minimum absolute atomic E-state index is 0.0234. The molecule has 2 aromatic carbocycles. The van der Waals surface area contributed by atoms with E-state index in [1.165, 1.54) is 5.56 Å². The van der Waals surface area contributed by atoms with Gasteiger partial charge in [0.05, 0.1) is 0 Å². The van der Waals surface area contributed by atoms with Gasteiger partial charge in [0.15, 0.2) is 5.65 Å². The van der Waals surface area contributed by atoms with Crippen LogP contribution in [0.25, 0.3) is 16.8 Å². The Labute approximate surface area is 193 Å². The summed E-state index contributed by atoms with van der Waals surface area (Å²) in [5.74, 6) is 0.489. The van der Waals surface area contributed by atoms with Crippen LogP contribution in [0, 0.1) is 6.92 Å². The number of rotatable bonds is 5. The lowest BCUT2D eigenvalue weighted by atomic mass is 10.0. The van der Waals surface area contributed by atoms with E-state index in [2.05, 4.69) is 64.9 Å². The zero-order valence-electron chi connectivity index (χ0n) is 19.0. The third-order valence-corrected chi connectivity index (χ3v) is 6.18. The zero-order valence-corrected chi connectivity index (χ0v) is 19.0. The van der Waals surface area contributed by atoms with Gasteiger partial charge >= 0.3 is 0 Å². The van der Waals surface area contributed by atoms with E-state index in [-0.39, 0.29) is 11.9 Å². The maximum atomic E-state index is 12.6. The van der Waals surface area contributed by atoms with Crippen molar-refractivity contribution in [2.75, 3.05) is 25.5 Å². The molecule has 2 N–H and O–H groups in total. The molecule has 7 nitrogen and oxygen atoms in total. The van der Waals surface area contributed by atoms with Gasteiger partial charge in [-0.15, -0.1) is 5.10 Å². The van der Waals surface area contributed by atoms with Crippen LogP contribution in [0.4, 0.5) is 11.6 Å². The molecule has 3 heterocycles. The molecule has 0 saturated carbocycles. The topological polar surface area (TPSA) is 74.6 Å². The Bertz CT molecular complexity index is 1250. The van der Waals surface area contributed by atoms with E-state index in [9.17, 15) is 4.79 Å². The van der Waals surface area contributed by atoms with Crippen molar-refractivity contribution in [1.29, 1.82) is 0 Å². The SMILES string of the molecule is Cc1ccc(-c2cccn3nc(Nc4ccc(C(=O)NC5CCN(C)CC5)cc4)nc23)cc1. The highest BCUT2D eigenvalue weighted by molar-refractivity contribution is 5.94.